The van der Waals surface area contributed by atoms with Gasteiger partial charge in [0.25, 0.3) is 0 Å². The molecule has 0 heterocycles. The molecule has 0 spiro atoms. The molecule has 2 nitrogen and oxygen atoms in total. The van der Waals surface area contributed by atoms with Gasteiger partial charge in [-0.05, 0) is 25.7 Å². The van der Waals surface area contributed by atoms with Gasteiger partial charge in [-0.15, -0.1) is 0 Å². The van der Waals surface area contributed by atoms with Gasteiger partial charge in [0, 0.05) is 23.7 Å². The number of hydrogen-bond acceptors (Lipinski definition) is 1. The topological polar surface area (TPSA) is 29.1 Å². The van der Waals surface area contributed by atoms with Crippen LogP contribution in [-0.2, 0) is 10.2 Å². The number of benzene rings is 1. The Kier molecular flexibility index (Phi) is 2.40. The molecular formula is C13H12F3NO. The Bertz CT molecular complexity index is 498. The summed E-state index contributed by atoms with van der Waals surface area (Å²) in [4.78, 5) is 12.0. The van der Waals surface area contributed by atoms with Gasteiger partial charge in [0.1, 0.15) is 17.5 Å². The van der Waals surface area contributed by atoms with E-state index in [9.17, 15) is 18.0 Å². The van der Waals surface area contributed by atoms with Gasteiger partial charge in [-0.2, -0.15) is 0 Å². The van der Waals surface area contributed by atoms with Crippen LogP contribution < -0.4 is 5.32 Å². The van der Waals surface area contributed by atoms with E-state index >= 15 is 0 Å². The first kappa shape index (κ1) is 11.6. The smallest absolute Gasteiger partial charge is 0.231 e. The number of carbonyl (C=O) groups excluding carboxylic acids is 1. The molecule has 1 aromatic carbocycles. The van der Waals surface area contributed by atoms with E-state index in [0.717, 1.165) is 12.8 Å². The van der Waals surface area contributed by atoms with Crippen LogP contribution in [0.1, 0.15) is 31.2 Å². The number of nitrogens with one attached hydrogen (secondary N) is 1. The maximum atomic E-state index is 13.7. The highest BCUT2D eigenvalue weighted by Crippen LogP contribution is 2.50. The predicted octanol–water partition coefficient (Wildman–Crippen LogP) is 2.41. The fraction of sp³-hybridized carbons (Fsp3) is 0.462. The molecule has 0 bridgehead atoms. The Morgan fingerprint density at radius 2 is 1.72 bits per heavy atom. The van der Waals surface area contributed by atoms with Crippen molar-refractivity contribution in [3.8, 4) is 0 Å². The lowest BCUT2D eigenvalue weighted by molar-refractivity contribution is -0.123. The molecule has 0 aromatic heterocycles. The Morgan fingerprint density at radius 1 is 1.17 bits per heavy atom. The molecule has 96 valence electrons. The summed E-state index contributed by atoms with van der Waals surface area (Å²) in [5.74, 6) is -3.26. The number of halogens is 3. The van der Waals surface area contributed by atoms with Crippen LogP contribution in [0.25, 0.3) is 0 Å². The monoisotopic (exact) mass is 255 g/mol. The summed E-state index contributed by atoms with van der Waals surface area (Å²) in [5.41, 5.74) is -1.41. The molecule has 2 fully saturated rings. The standard InChI is InChI=1S/C13H12F3NO/c14-7-5-9(15)11(10(16)6-7)13(3-4-13)12(18)17-8-1-2-8/h5-6,8H,1-4H2,(H,17,18). The van der Waals surface area contributed by atoms with Gasteiger partial charge in [0.2, 0.25) is 5.91 Å². The third-order valence-electron chi connectivity index (χ3n) is 3.58. The van der Waals surface area contributed by atoms with Gasteiger partial charge in [-0.3, -0.25) is 4.79 Å². The number of rotatable bonds is 3. The Balaban J connectivity index is 1.95. The quantitative estimate of drug-likeness (QED) is 0.883. The summed E-state index contributed by atoms with van der Waals surface area (Å²) in [6, 6.07) is 1.40. The average Bonchev–Trinajstić information content (AvgIpc) is 3.09. The van der Waals surface area contributed by atoms with Crippen molar-refractivity contribution in [2.24, 2.45) is 0 Å². The fourth-order valence-electron chi connectivity index (χ4n) is 2.27. The first-order chi connectivity index (χ1) is 8.53. The van der Waals surface area contributed by atoms with E-state index in [0.29, 0.717) is 25.0 Å². The molecule has 1 N–H and O–H groups in total. The number of carbonyl (C=O) groups is 1. The Hall–Kier alpha value is -1.52. The van der Waals surface area contributed by atoms with E-state index in [1.807, 2.05) is 0 Å². The summed E-state index contributed by atoms with van der Waals surface area (Å²) >= 11 is 0. The normalized spacial score (nSPS) is 20.6. The molecule has 5 heteroatoms. The van der Waals surface area contributed by atoms with Crippen LogP contribution in [0.2, 0.25) is 0 Å². The van der Waals surface area contributed by atoms with Crippen molar-refractivity contribution in [2.45, 2.75) is 37.1 Å². The first-order valence-corrected chi connectivity index (χ1v) is 5.99. The van der Waals surface area contributed by atoms with Crippen molar-refractivity contribution in [2.75, 3.05) is 0 Å². The zero-order chi connectivity index (χ0) is 12.9. The fourth-order valence-corrected chi connectivity index (χ4v) is 2.27. The molecule has 1 aromatic rings. The van der Waals surface area contributed by atoms with Crippen LogP contribution in [0.4, 0.5) is 13.2 Å². The molecule has 0 saturated heterocycles. The van der Waals surface area contributed by atoms with Crippen molar-refractivity contribution in [1.29, 1.82) is 0 Å². The SMILES string of the molecule is O=C(NC1CC1)C1(c2c(F)cc(F)cc2F)CC1. The Labute approximate surface area is 102 Å². The third kappa shape index (κ3) is 1.78. The van der Waals surface area contributed by atoms with E-state index in [4.69, 9.17) is 0 Å². The van der Waals surface area contributed by atoms with Gasteiger partial charge < -0.3 is 5.32 Å². The second-order valence-corrected chi connectivity index (χ2v) is 5.07. The van der Waals surface area contributed by atoms with Gasteiger partial charge >= 0.3 is 0 Å². The summed E-state index contributed by atoms with van der Waals surface area (Å²) in [5, 5.41) is 2.76. The minimum atomic E-state index is -1.12. The second kappa shape index (κ2) is 3.73. The van der Waals surface area contributed by atoms with Crippen LogP contribution in [0.15, 0.2) is 12.1 Å². The second-order valence-electron chi connectivity index (χ2n) is 5.07. The zero-order valence-electron chi connectivity index (χ0n) is 9.60. The summed E-state index contributed by atoms with van der Waals surface area (Å²) < 4.78 is 40.3. The van der Waals surface area contributed by atoms with Gasteiger partial charge in [0.15, 0.2) is 0 Å². The zero-order valence-corrected chi connectivity index (χ0v) is 9.60. The van der Waals surface area contributed by atoms with Crippen molar-refractivity contribution in [3.05, 3.63) is 35.1 Å². The summed E-state index contributed by atoms with van der Waals surface area (Å²) in [6.45, 7) is 0. The van der Waals surface area contributed by atoms with Gasteiger partial charge in [-0.1, -0.05) is 0 Å². The van der Waals surface area contributed by atoms with Crippen molar-refractivity contribution < 1.29 is 18.0 Å². The molecule has 0 radical (unpaired) electrons. The van der Waals surface area contributed by atoms with Crippen molar-refractivity contribution in [3.63, 3.8) is 0 Å². The van der Waals surface area contributed by atoms with E-state index < -0.39 is 22.9 Å². The summed E-state index contributed by atoms with van der Waals surface area (Å²) in [6.07, 6.45) is 2.64. The lowest BCUT2D eigenvalue weighted by Crippen LogP contribution is -2.37. The molecule has 0 aliphatic heterocycles. The van der Waals surface area contributed by atoms with Gasteiger partial charge in [-0.25, -0.2) is 13.2 Å². The van der Waals surface area contributed by atoms with E-state index in [1.54, 1.807) is 0 Å². The number of amides is 1. The first-order valence-electron chi connectivity index (χ1n) is 5.99. The third-order valence-corrected chi connectivity index (χ3v) is 3.58. The highest BCUT2D eigenvalue weighted by atomic mass is 19.1. The van der Waals surface area contributed by atoms with Crippen molar-refractivity contribution >= 4 is 5.91 Å². The minimum absolute atomic E-state index is 0.140. The van der Waals surface area contributed by atoms with Crippen LogP contribution in [0.5, 0.6) is 0 Å². The average molecular weight is 255 g/mol. The Morgan fingerprint density at radius 3 is 2.17 bits per heavy atom. The molecular weight excluding hydrogens is 243 g/mol. The molecule has 2 aliphatic carbocycles. The maximum Gasteiger partial charge on any atom is 0.231 e. The molecule has 3 rings (SSSR count). The number of hydrogen-bond donors (Lipinski definition) is 1. The predicted molar refractivity (Wildman–Crippen MR) is 58.4 cm³/mol. The highest BCUT2D eigenvalue weighted by Gasteiger charge is 2.55. The minimum Gasteiger partial charge on any atom is -0.353 e. The van der Waals surface area contributed by atoms with Crippen molar-refractivity contribution in [1.82, 2.24) is 5.32 Å². The largest absolute Gasteiger partial charge is 0.353 e. The van der Waals surface area contributed by atoms with E-state index in [-0.39, 0.29) is 17.5 Å². The van der Waals surface area contributed by atoms with E-state index in [1.165, 1.54) is 0 Å². The molecule has 2 saturated carbocycles. The van der Waals surface area contributed by atoms with Crippen LogP contribution in [-0.4, -0.2) is 11.9 Å². The lowest BCUT2D eigenvalue weighted by Gasteiger charge is -2.17. The molecule has 0 atom stereocenters. The highest BCUT2D eigenvalue weighted by molar-refractivity contribution is 5.91. The molecule has 18 heavy (non-hydrogen) atoms. The molecule has 1 amide bonds. The van der Waals surface area contributed by atoms with Crippen LogP contribution in [0.3, 0.4) is 0 Å². The van der Waals surface area contributed by atoms with Crippen LogP contribution >= 0.6 is 0 Å². The van der Waals surface area contributed by atoms with Gasteiger partial charge in [0.05, 0.1) is 5.41 Å². The van der Waals surface area contributed by atoms with E-state index in [2.05, 4.69) is 5.32 Å². The molecule has 2 aliphatic rings. The van der Waals surface area contributed by atoms with Crippen LogP contribution in [0, 0.1) is 17.5 Å². The lowest BCUT2D eigenvalue weighted by atomic mass is 9.93. The maximum absolute atomic E-state index is 13.7. The molecule has 0 unspecified atom stereocenters. The summed E-state index contributed by atoms with van der Waals surface area (Å²) in [7, 11) is 0.